The Morgan fingerprint density at radius 3 is 3.17 bits per heavy atom. The van der Waals surface area contributed by atoms with Gasteiger partial charge in [0.25, 0.3) is 0 Å². The minimum atomic E-state index is -0.0198. The van der Waals surface area contributed by atoms with Crippen LogP contribution in [-0.4, -0.2) is 22.6 Å². The molecule has 2 rings (SSSR count). The second-order valence-corrected chi connectivity index (χ2v) is 4.49. The number of aromatic nitrogens is 2. The summed E-state index contributed by atoms with van der Waals surface area (Å²) >= 11 is 0. The highest BCUT2D eigenvalue weighted by Gasteiger charge is 2.12. The first-order valence-corrected chi connectivity index (χ1v) is 6.15. The molecule has 0 bridgehead atoms. The number of nitrogens with one attached hydrogen (secondary N) is 2. The average molecular weight is 246 g/mol. The van der Waals surface area contributed by atoms with Gasteiger partial charge in [0.1, 0.15) is 0 Å². The van der Waals surface area contributed by atoms with E-state index in [1.165, 1.54) is 0 Å². The van der Waals surface area contributed by atoms with Crippen LogP contribution in [0.1, 0.15) is 19.8 Å². The van der Waals surface area contributed by atoms with E-state index in [0.29, 0.717) is 6.54 Å². The summed E-state index contributed by atoms with van der Waals surface area (Å²) in [6, 6.07) is 5.68. The summed E-state index contributed by atoms with van der Waals surface area (Å²) in [5, 5.41) is 10.7. The lowest BCUT2D eigenvalue weighted by Crippen LogP contribution is -2.21. The Morgan fingerprint density at radius 2 is 2.39 bits per heavy atom. The summed E-state index contributed by atoms with van der Waals surface area (Å²) < 4.78 is 0. The van der Waals surface area contributed by atoms with Gasteiger partial charge in [-0.1, -0.05) is 6.92 Å². The lowest BCUT2D eigenvalue weighted by atomic mass is 10.0. The summed E-state index contributed by atoms with van der Waals surface area (Å²) in [6.45, 7) is 2.54. The number of nitrogens with two attached hydrogens (primary N) is 1. The zero-order valence-electron chi connectivity index (χ0n) is 10.4. The van der Waals surface area contributed by atoms with Crippen LogP contribution in [-0.2, 0) is 4.79 Å². The Morgan fingerprint density at radius 1 is 1.56 bits per heavy atom. The predicted molar refractivity (Wildman–Crippen MR) is 72.2 cm³/mol. The van der Waals surface area contributed by atoms with Crippen LogP contribution in [0.5, 0.6) is 0 Å². The normalized spacial score (nSPS) is 12.6. The fourth-order valence-electron chi connectivity index (χ4n) is 1.84. The number of hydrogen-bond donors (Lipinski definition) is 3. The summed E-state index contributed by atoms with van der Waals surface area (Å²) in [5.74, 6) is 0.0138. The van der Waals surface area contributed by atoms with Crippen LogP contribution < -0.4 is 11.1 Å². The third-order valence-electron chi connectivity index (χ3n) is 3.00. The van der Waals surface area contributed by atoms with E-state index in [9.17, 15) is 4.79 Å². The number of rotatable bonds is 5. The van der Waals surface area contributed by atoms with Crippen molar-refractivity contribution in [3.63, 3.8) is 0 Å². The molecule has 18 heavy (non-hydrogen) atoms. The molecule has 0 radical (unpaired) electrons. The van der Waals surface area contributed by atoms with Gasteiger partial charge >= 0.3 is 0 Å². The van der Waals surface area contributed by atoms with Crippen LogP contribution in [0.3, 0.4) is 0 Å². The molecule has 5 nitrogen and oxygen atoms in total. The molecule has 1 unspecified atom stereocenters. The maximum absolute atomic E-state index is 11.9. The van der Waals surface area contributed by atoms with E-state index in [0.717, 1.165) is 29.4 Å². The first-order valence-electron chi connectivity index (χ1n) is 6.15. The van der Waals surface area contributed by atoms with Crippen molar-refractivity contribution in [2.75, 3.05) is 11.9 Å². The number of carbonyl (C=O) groups is 1. The highest BCUT2D eigenvalue weighted by Crippen LogP contribution is 2.18. The maximum atomic E-state index is 11.9. The molecule has 0 aliphatic rings. The zero-order valence-corrected chi connectivity index (χ0v) is 10.4. The lowest BCUT2D eigenvalue weighted by Gasteiger charge is -2.11. The smallest absolute Gasteiger partial charge is 0.227 e. The molecule has 0 fully saturated rings. The Balaban J connectivity index is 2.01. The first-order chi connectivity index (χ1) is 8.70. The van der Waals surface area contributed by atoms with Gasteiger partial charge in [0.2, 0.25) is 5.91 Å². The molecule has 4 N–H and O–H groups in total. The molecule has 0 saturated carbocycles. The van der Waals surface area contributed by atoms with E-state index in [4.69, 9.17) is 5.73 Å². The number of fused-ring (bicyclic) bond motifs is 1. The Labute approximate surface area is 106 Å². The zero-order chi connectivity index (χ0) is 13.0. The van der Waals surface area contributed by atoms with Gasteiger partial charge in [-0.2, -0.15) is 5.10 Å². The van der Waals surface area contributed by atoms with Gasteiger partial charge in [-0.3, -0.25) is 9.89 Å². The SMILES string of the molecule is CC(CCCN)C(=O)Nc1ccc2[nH]ncc2c1. The van der Waals surface area contributed by atoms with E-state index in [1.807, 2.05) is 25.1 Å². The second kappa shape index (κ2) is 5.64. The number of anilines is 1. The molecule has 1 heterocycles. The van der Waals surface area contributed by atoms with Crippen LogP contribution in [0.4, 0.5) is 5.69 Å². The highest BCUT2D eigenvalue weighted by atomic mass is 16.1. The number of benzene rings is 1. The van der Waals surface area contributed by atoms with Crippen molar-refractivity contribution in [3.05, 3.63) is 24.4 Å². The third kappa shape index (κ3) is 2.87. The number of aromatic amines is 1. The standard InChI is InChI=1S/C13H18N4O/c1-9(3-2-6-14)13(18)16-11-4-5-12-10(7-11)8-15-17-12/h4-5,7-9H,2-3,6,14H2,1H3,(H,15,17)(H,16,18). The lowest BCUT2D eigenvalue weighted by molar-refractivity contribution is -0.119. The van der Waals surface area contributed by atoms with Gasteiger partial charge in [0.15, 0.2) is 0 Å². The van der Waals surface area contributed by atoms with Gasteiger partial charge in [-0.05, 0) is 37.6 Å². The molecule has 1 aromatic heterocycles. The van der Waals surface area contributed by atoms with Crippen molar-refractivity contribution < 1.29 is 4.79 Å². The summed E-state index contributed by atoms with van der Waals surface area (Å²) in [4.78, 5) is 11.9. The third-order valence-corrected chi connectivity index (χ3v) is 3.00. The molecule has 1 atom stereocenters. The molecule has 2 aromatic rings. The van der Waals surface area contributed by atoms with Crippen LogP contribution in [0.15, 0.2) is 24.4 Å². The van der Waals surface area contributed by atoms with E-state index in [-0.39, 0.29) is 11.8 Å². The van der Waals surface area contributed by atoms with Crippen LogP contribution in [0, 0.1) is 5.92 Å². The minimum Gasteiger partial charge on any atom is -0.330 e. The Bertz CT molecular complexity index is 535. The fourth-order valence-corrected chi connectivity index (χ4v) is 1.84. The van der Waals surface area contributed by atoms with Crippen molar-refractivity contribution in [1.82, 2.24) is 10.2 Å². The molecule has 0 aliphatic heterocycles. The highest BCUT2D eigenvalue weighted by molar-refractivity contribution is 5.94. The molecular weight excluding hydrogens is 228 g/mol. The van der Waals surface area contributed by atoms with Gasteiger partial charge in [-0.25, -0.2) is 0 Å². The maximum Gasteiger partial charge on any atom is 0.227 e. The quantitative estimate of drug-likeness (QED) is 0.753. The first kappa shape index (κ1) is 12.6. The number of H-pyrrole nitrogens is 1. The van der Waals surface area contributed by atoms with E-state index in [2.05, 4.69) is 15.5 Å². The topological polar surface area (TPSA) is 83.8 Å². The summed E-state index contributed by atoms with van der Waals surface area (Å²) in [7, 11) is 0. The van der Waals surface area contributed by atoms with E-state index in [1.54, 1.807) is 6.20 Å². The minimum absolute atomic E-state index is 0.0198. The van der Waals surface area contributed by atoms with Crippen LogP contribution in [0.2, 0.25) is 0 Å². The number of nitrogens with zero attached hydrogens (tertiary/aromatic N) is 1. The van der Waals surface area contributed by atoms with E-state index >= 15 is 0 Å². The van der Waals surface area contributed by atoms with Crippen molar-refractivity contribution in [1.29, 1.82) is 0 Å². The average Bonchev–Trinajstić information content (AvgIpc) is 2.83. The number of amides is 1. The Kier molecular flexibility index (Phi) is 3.94. The van der Waals surface area contributed by atoms with Crippen molar-refractivity contribution in [2.45, 2.75) is 19.8 Å². The summed E-state index contributed by atoms with van der Waals surface area (Å²) in [5.41, 5.74) is 7.20. The predicted octanol–water partition coefficient (Wildman–Crippen LogP) is 1.88. The van der Waals surface area contributed by atoms with Crippen molar-refractivity contribution in [3.8, 4) is 0 Å². The number of carbonyl (C=O) groups excluding carboxylic acids is 1. The summed E-state index contributed by atoms with van der Waals surface area (Å²) in [6.07, 6.45) is 3.43. The van der Waals surface area contributed by atoms with Crippen molar-refractivity contribution >= 4 is 22.5 Å². The molecule has 1 aromatic carbocycles. The monoisotopic (exact) mass is 246 g/mol. The van der Waals surface area contributed by atoms with E-state index < -0.39 is 0 Å². The number of hydrogen-bond acceptors (Lipinski definition) is 3. The van der Waals surface area contributed by atoms with Crippen molar-refractivity contribution in [2.24, 2.45) is 11.7 Å². The van der Waals surface area contributed by atoms with Gasteiger partial charge in [0, 0.05) is 17.0 Å². The van der Waals surface area contributed by atoms with Gasteiger partial charge < -0.3 is 11.1 Å². The molecule has 1 amide bonds. The van der Waals surface area contributed by atoms with Crippen LogP contribution in [0.25, 0.3) is 10.9 Å². The molecule has 96 valence electrons. The molecule has 0 saturated heterocycles. The molecular formula is C13H18N4O. The Hall–Kier alpha value is -1.88. The molecule has 0 aliphatic carbocycles. The largest absolute Gasteiger partial charge is 0.330 e. The van der Waals surface area contributed by atoms with Crippen LogP contribution >= 0.6 is 0 Å². The van der Waals surface area contributed by atoms with Gasteiger partial charge in [0.05, 0.1) is 11.7 Å². The van der Waals surface area contributed by atoms with Gasteiger partial charge in [-0.15, -0.1) is 0 Å². The molecule has 5 heteroatoms. The fraction of sp³-hybridized carbons (Fsp3) is 0.385. The second-order valence-electron chi connectivity index (χ2n) is 4.49. The molecule has 0 spiro atoms.